The molecule has 0 spiro atoms. The average Bonchev–Trinajstić information content (AvgIpc) is 3.47. The molecule has 2 aromatic carbocycles. The highest BCUT2D eigenvalue weighted by atomic mass is 32.2. The van der Waals surface area contributed by atoms with Crippen LogP contribution in [0, 0.1) is 0 Å². The van der Waals surface area contributed by atoms with Crippen LogP contribution in [0.5, 0.6) is 5.75 Å². The number of hydrogen-bond acceptors (Lipinski definition) is 7. The zero-order valence-electron chi connectivity index (χ0n) is 22.5. The van der Waals surface area contributed by atoms with E-state index in [1.807, 2.05) is 31.2 Å². The number of cyclic esters (lactones) is 1. The molecule has 8 nitrogen and oxygen atoms in total. The summed E-state index contributed by atoms with van der Waals surface area (Å²) in [6.07, 6.45) is 6.85. The molecule has 9 heteroatoms. The van der Waals surface area contributed by atoms with E-state index < -0.39 is 5.25 Å². The van der Waals surface area contributed by atoms with E-state index in [1.54, 1.807) is 4.90 Å². The topological polar surface area (TPSA) is 94.2 Å². The van der Waals surface area contributed by atoms with Gasteiger partial charge in [-0.15, -0.1) is 0 Å². The van der Waals surface area contributed by atoms with Gasteiger partial charge >= 0.3 is 6.09 Å². The first-order valence-corrected chi connectivity index (χ1v) is 14.7. The van der Waals surface area contributed by atoms with Gasteiger partial charge in [0.1, 0.15) is 18.5 Å². The molecule has 1 N–H and O–H groups in total. The summed E-state index contributed by atoms with van der Waals surface area (Å²) in [5.74, 6) is 0.434. The second-order valence-corrected chi connectivity index (χ2v) is 11.3. The Bertz CT molecular complexity index is 1080. The van der Waals surface area contributed by atoms with Crippen molar-refractivity contribution in [3.8, 4) is 5.75 Å². The Hall–Kier alpha value is -3.04. The number of rotatable bonds is 16. The molecule has 3 amide bonds. The van der Waals surface area contributed by atoms with E-state index >= 15 is 0 Å². The Morgan fingerprint density at radius 1 is 0.974 bits per heavy atom. The number of aryl methyl sites for hydroxylation is 1. The van der Waals surface area contributed by atoms with Gasteiger partial charge in [-0.1, -0.05) is 73.5 Å². The Morgan fingerprint density at radius 2 is 1.72 bits per heavy atom. The number of benzene rings is 2. The summed E-state index contributed by atoms with van der Waals surface area (Å²) < 4.78 is 17.2. The minimum Gasteiger partial charge on any atom is -0.491 e. The van der Waals surface area contributed by atoms with Crippen LogP contribution in [0.3, 0.4) is 0 Å². The molecular weight excluding hydrogens is 516 g/mol. The molecule has 0 radical (unpaired) electrons. The van der Waals surface area contributed by atoms with Gasteiger partial charge in [0.25, 0.3) is 5.24 Å². The maximum Gasteiger partial charge on any atom is 0.410 e. The summed E-state index contributed by atoms with van der Waals surface area (Å²) in [5, 5.41) is 1.62. The van der Waals surface area contributed by atoms with Gasteiger partial charge in [0.05, 0.1) is 24.4 Å². The van der Waals surface area contributed by atoms with Crippen LogP contribution in [-0.2, 0) is 27.1 Å². The van der Waals surface area contributed by atoms with Crippen LogP contribution in [0.2, 0.25) is 0 Å². The van der Waals surface area contributed by atoms with Crippen molar-refractivity contribution in [3.05, 3.63) is 65.7 Å². The third-order valence-corrected chi connectivity index (χ3v) is 7.92. The zero-order valence-corrected chi connectivity index (χ0v) is 23.3. The van der Waals surface area contributed by atoms with Crippen LogP contribution in [0.1, 0.15) is 50.2 Å². The molecule has 2 aliphatic heterocycles. The number of hydrogen-bond donors (Lipinski definition) is 1. The number of nitrogens with zero attached hydrogens (tertiary/aromatic N) is 1. The first-order chi connectivity index (χ1) is 19.0. The quantitative estimate of drug-likeness (QED) is 0.279. The van der Waals surface area contributed by atoms with Gasteiger partial charge in [0.2, 0.25) is 5.91 Å². The molecule has 0 aromatic heterocycles. The zero-order chi connectivity index (χ0) is 27.5. The summed E-state index contributed by atoms with van der Waals surface area (Å²) in [6.45, 7) is 3.85. The van der Waals surface area contributed by atoms with Crippen LogP contribution < -0.4 is 10.1 Å². The molecule has 3 atom stereocenters. The van der Waals surface area contributed by atoms with Crippen LogP contribution in [0.15, 0.2) is 54.6 Å². The van der Waals surface area contributed by atoms with Gasteiger partial charge in [-0.2, -0.15) is 0 Å². The van der Waals surface area contributed by atoms with E-state index in [-0.39, 0.29) is 29.4 Å². The summed E-state index contributed by atoms with van der Waals surface area (Å²) in [6, 6.07) is 17.9. The van der Waals surface area contributed by atoms with Gasteiger partial charge in [-0.3, -0.25) is 19.8 Å². The molecule has 39 heavy (non-hydrogen) atoms. The van der Waals surface area contributed by atoms with Crippen LogP contribution in [0.25, 0.3) is 0 Å². The van der Waals surface area contributed by atoms with Crippen molar-refractivity contribution in [1.82, 2.24) is 10.2 Å². The van der Waals surface area contributed by atoms with Crippen LogP contribution in [0.4, 0.5) is 9.59 Å². The van der Waals surface area contributed by atoms with Crippen molar-refractivity contribution in [2.45, 2.75) is 69.3 Å². The highest BCUT2D eigenvalue weighted by molar-refractivity contribution is 8.15. The minimum absolute atomic E-state index is 0.150. The van der Waals surface area contributed by atoms with E-state index in [0.29, 0.717) is 38.5 Å². The second kappa shape index (κ2) is 14.9. The Labute approximate surface area is 234 Å². The van der Waals surface area contributed by atoms with Crippen molar-refractivity contribution < 1.29 is 28.6 Å². The maximum absolute atomic E-state index is 12.4. The third kappa shape index (κ3) is 9.28. The average molecular weight is 555 g/mol. The standard InChI is InChI=1S/C30H38N2O6S/c1-22(20-37-25-15-13-24(14-16-25)18-27-28(33)31-29(34)39-27)32-19-26(38-30(32)35)21-36-17-9-4-2-3-6-10-23-11-7-5-8-12-23/h5,7-8,11-16,22,26-27H,2-4,6,9-10,17-21H2,1H3,(H,31,33,34). The molecule has 0 aliphatic carbocycles. The van der Waals surface area contributed by atoms with E-state index in [4.69, 9.17) is 14.2 Å². The van der Waals surface area contributed by atoms with E-state index in [9.17, 15) is 14.4 Å². The van der Waals surface area contributed by atoms with E-state index in [2.05, 4.69) is 35.6 Å². The maximum atomic E-state index is 12.4. The number of thioether (sulfide) groups is 1. The predicted molar refractivity (Wildman–Crippen MR) is 151 cm³/mol. The molecule has 210 valence electrons. The second-order valence-electron chi connectivity index (χ2n) is 10.1. The smallest absolute Gasteiger partial charge is 0.410 e. The third-order valence-electron chi connectivity index (χ3n) is 6.94. The van der Waals surface area contributed by atoms with Crippen LogP contribution in [-0.4, -0.2) is 65.9 Å². The van der Waals surface area contributed by atoms with Gasteiger partial charge < -0.3 is 14.2 Å². The van der Waals surface area contributed by atoms with E-state index in [0.717, 1.165) is 36.6 Å². The minimum atomic E-state index is -0.391. The fourth-order valence-electron chi connectivity index (χ4n) is 4.68. The number of nitrogens with one attached hydrogen (secondary N) is 1. The summed E-state index contributed by atoms with van der Waals surface area (Å²) >= 11 is 1.02. The van der Waals surface area contributed by atoms with Crippen molar-refractivity contribution in [1.29, 1.82) is 0 Å². The molecule has 2 fully saturated rings. The fraction of sp³-hybridized carbons (Fsp3) is 0.500. The van der Waals surface area contributed by atoms with Gasteiger partial charge in [0, 0.05) is 6.61 Å². The Balaban J connectivity index is 1.05. The first kappa shape index (κ1) is 29.0. The van der Waals surface area contributed by atoms with Gasteiger partial charge in [-0.05, 0) is 55.9 Å². The molecule has 2 aliphatic rings. The fourth-order valence-corrected chi connectivity index (χ4v) is 5.54. The lowest BCUT2D eigenvalue weighted by atomic mass is 10.1. The number of imide groups is 1. The first-order valence-electron chi connectivity index (χ1n) is 13.8. The van der Waals surface area contributed by atoms with E-state index in [1.165, 1.54) is 24.8 Å². The number of ether oxygens (including phenoxy) is 3. The van der Waals surface area contributed by atoms with Gasteiger partial charge in [0.15, 0.2) is 0 Å². The normalized spacial score (nSPS) is 19.7. The molecule has 2 heterocycles. The molecular formula is C30H38N2O6S. The lowest BCUT2D eigenvalue weighted by molar-refractivity contribution is -0.118. The highest BCUT2D eigenvalue weighted by Crippen LogP contribution is 2.24. The van der Waals surface area contributed by atoms with Crippen molar-refractivity contribution >= 4 is 29.0 Å². The largest absolute Gasteiger partial charge is 0.491 e. The number of carbonyl (C=O) groups is 3. The predicted octanol–water partition coefficient (Wildman–Crippen LogP) is 5.38. The van der Waals surface area contributed by atoms with Crippen molar-refractivity contribution in [2.75, 3.05) is 26.4 Å². The van der Waals surface area contributed by atoms with Crippen molar-refractivity contribution in [3.63, 3.8) is 0 Å². The Kier molecular flexibility index (Phi) is 11.1. The summed E-state index contributed by atoms with van der Waals surface area (Å²) in [4.78, 5) is 37.1. The van der Waals surface area contributed by atoms with Crippen molar-refractivity contribution in [2.24, 2.45) is 0 Å². The van der Waals surface area contributed by atoms with Crippen LogP contribution >= 0.6 is 11.8 Å². The summed E-state index contributed by atoms with van der Waals surface area (Å²) in [5.41, 5.74) is 2.36. The molecule has 2 saturated heterocycles. The molecule has 0 saturated carbocycles. The Morgan fingerprint density at radius 3 is 2.46 bits per heavy atom. The molecule has 0 bridgehead atoms. The lowest BCUT2D eigenvalue weighted by Gasteiger charge is -2.22. The monoisotopic (exact) mass is 554 g/mol. The van der Waals surface area contributed by atoms with Gasteiger partial charge in [-0.25, -0.2) is 4.79 Å². The number of unbranched alkanes of at least 4 members (excludes halogenated alkanes) is 4. The highest BCUT2D eigenvalue weighted by Gasteiger charge is 2.35. The molecule has 3 unspecified atom stereocenters. The molecule has 4 rings (SSSR count). The molecule has 2 aromatic rings. The number of amides is 3. The number of carbonyl (C=O) groups excluding carboxylic acids is 3. The summed E-state index contributed by atoms with van der Waals surface area (Å²) in [7, 11) is 0. The lowest BCUT2D eigenvalue weighted by Crippen LogP contribution is -2.38. The SMILES string of the molecule is CC(COc1ccc(CC2SC(=O)NC2=O)cc1)N1CC(COCCCCCCCc2ccccc2)OC1=O.